The number of esters is 1. The van der Waals surface area contributed by atoms with Crippen LogP contribution in [0.4, 0.5) is 0 Å². The van der Waals surface area contributed by atoms with Crippen LogP contribution in [0.15, 0.2) is 53.6 Å². The number of nitrogens with zero attached hydrogens (tertiary/aromatic N) is 2. The molecule has 1 heterocycles. The third kappa shape index (κ3) is 4.38. The molecule has 140 valence electrons. The number of pyridine rings is 1. The molecule has 2 aromatic carbocycles. The second-order valence-corrected chi connectivity index (χ2v) is 7.19. The van der Waals surface area contributed by atoms with Gasteiger partial charge in [-0.3, -0.25) is 9.59 Å². The third-order valence-electron chi connectivity index (χ3n) is 4.27. The fourth-order valence-corrected chi connectivity index (χ4v) is 3.67. The maximum absolute atomic E-state index is 12.2. The first kappa shape index (κ1) is 19.6. The average molecular weight is 390 g/mol. The summed E-state index contributed by atoms with van der Waals surface area (Å²) in [5, 5.41) is 11.9. The summed E-state index contributed by atoms with van der Waals surface area (Å²) < 4.78 is 5.40. The lowest BCUT2D eigenvalue weighted by Crippen LogP contribution is -2.09. The molecule has 0 amide bonds. The third-order valence-corrected chi connectivity index (χ3v) is 5.24. The summed E-state index contributed by atoms with van der Waals surface area (Å²) in [6.07, 6.45) is 0. The highest BCUT2D eigenvalue weighted by atomic mass is 32.2. The summed E-state index contributed by atoms with van der Waals surface area (Å²) >= 11 is 1.13. The molecule has 0 saturated carbocycles. The van der Waals surface area contributed by atoms with E-state index < -0.39 is 5.97 Å². The summed E-state index contributed by atoms with van der Waals surface area (Å²) in [6, 6.07) is 17.4. The van der Waals surface area contributed by atoms with Crippen molar-refractivity contribution in [3.8, 4) is 6.07 Å². The predicted molar refractivity (Wildman–Crippen MR) is 108 cm³/mol. The van der Waals surface area contributed by atoms with E-state index in [4.69, 9.17) is 4.74 Å². The molecule has 28 heavy (non-hydrogen) atoms. The van der Waals surface area contributed by atoms with Gasteiger partial charge in [-0.25, -0.2) is 4.98 Å². The minimum Gasteiger partial charge on any atom is -0.460 e. The van der Waals surface area contributed by atoms with Gasteiger partial charge >= 0.3 is 5.97 Å². The number of rotatable bonds is 6. The van der Waals surface area contributed by atoms with Crippen molar-refractivity contribution in [2.24, 2.45) is 0 Å². The number of ketones is 1. The molecule has 0 saturated heterocycles. The van der Waals surface area contributed by atoms with E-state index in [1.807, 2.05) is 48.5 Å². The summed E-state index contributed by atoms with van der Waals surface area (Å²) in [5.41, 5.74) is 2.18. The quantitative estimate of drug-likeness (QED) is 0.351. The fraction of sp³-hybridized carbons (Fsp3) is 0.182. The molecule has 0 fully saturated rings. The lowest BCUT2D eigenvalue weighted by Gasteiger charge is -2.09. The number of benzene rings is 2. The number of nitriles is 1. The van der Waals surface area contributed by atoms with Crippen LogP contribution in [-0.2, 0) is 16.1 Å². The van der Waals surface area contributed by atoms with Crippen LogP contribution in [0.2, 0.25) is 0 Å². The van der Waals surface area contributed by atoms with Gasteiger partial charge in [-0.15, -0.1) is 0 Å². The Hall–Kier alpha value is -3.17. The van der Waals surface area contributed by atoms with E-state index in [9.17, 15) is 14.9 Å². The first-order valence-corrected chi connectivity index (χ1v) is 9.66. The van der Waals surface area contributed by atoms with Crippen molar-refractivity contribution in [2.45, 2.75) is 25.5 Å². The van der Waals surface area contributed by atoms with Crippen molar-refractivity contribution < 1.29 is 14.3 Å². The van der Waals surface area contributed by atoms with Gasteiger partial charge in [0.2, 0.25) is 0 Å². The Balaban J connectivity index is 1.65. The topological polar surface area (TPSA) is 80.0 Å². The first-order chi connectivity index (χ1) is 13.5. The van der Waals surface area contributed by atoms with Gasteiger partial charge in [-0.05, 0) is 36.2 Å². The molecule has 5 nitrogen and oxygen atoms in total. The zero-order valence-corrected chi connectivity index (χ0v) is 16.4. The van der Waals surface area contributed by atoms with Crippen molar-refractivity contribution >= 4 is 34.3 Å². The highest BCUT2D eigenvalue weighted by Crippen LogP contribution is 2.24. The molecule has 6 heteroatoms. The Bertz CT molecular complexity index is 1100. The largest absolute Gasteiger partial charge is 0.460 e. The van der Waals surface area contributed by atoms with Gasteiger partial charge in [0.15, 0.2) is 5.78 Å². The van der Waals surface area contributed by atoms with Crippen molar-refractivity contribution in [1.29, 1.82) is 5.26 Å². The molecule has 0 N–H and O–H groups in total. The average Bonchev–Trinajstić information content (AvgIpc) is 2.70. The number of hydrogen-bond acceptors (Lipinski definition) is 6. The van der Waals surface area contributed by atoms with Crippen LogP contribution in [0.1, 0.15) is 34.1 Å². The number of aromatic nitrogens is 1. The highest BCUT2D eigenvalue weighted by Gasteiger charge is 2.14. The molecule has 0 aliphatic rings. The van der Waals surface area contributed by atoms with Gasteiger partial charge in [-0.2, -0.15) is 5.26 Å². The summed E-state index contributed by atoms with van der Waals surface area (Å²) in [4.78, 5) is 28.1. The molecule has 3 aromatic rings. The monoisotopic (exact) mass is 390 g/mol. The van der Waals surface area contributed by atoms with Gasteiger partial charge < -0.3 is 4.74 Å². The smallest absolute Gasteiger partial charge is 0.316 e. The molecule has 0 radical (unpaired) electrons. The highest BCUT2D eigenvalue weighted by molar-refractivity contribution is 7.99. The molecule has 1 aromatic heterocycles. The van der Waals surface area contributed by atoms with Crippen molar-refractivity contribution in [2.75, 3.05) is 5.75 Å². The number of carbonyl (C=O) groups excluding carboxylic acids is 2. The molecule has 0 unspecified atom stereocenters. The Morgan fingerprint density at radius 1 is 1.18 bits per heavy atom. The summed E-state index contributed by atoms with van der Waals surface area (Å²) in [7, 11) is 0. The second kappa shape index (κ2) is 8.68. The van der Waals surface area contributed by atoms with Crippen LogP contribution >= 0.6 is 11.8 Å². The maximum Gasteiger partial charge on any atom is 0.316 e. The molecular formula is C22H18N2O3S. The Kier molecular flexibility index (Phi) is 6.07. The van der Waals surface area contributed by atoms with Crippen LogP contribution in [0.3, 0.4) is 0 Å². The zero-order chi connectivity index (χ0) is 20.1. The molecule has 0 aliphatic heterocycles. The molecule has 0 atom stereocenters. The Morgan fingerprint density at radius 3 is 2.68 bits per heavy atom. The zero-order valence-electron chi connectivity index (χ0n) is 15.6. The van der Waals surface area contributed by atoms with Gasteiger partial charge in [0.05, 0.1) is 11.3 Å². The van der Waals surface area contributed by atoms with Crippen molar-refractivity contribution in [1.82, 2.24) is 4.98 Å². The summed E-state index contributed by atoms with van der Waals surface area (Å²) in [5.74, 6) is -0.504. The van der Waals surface area contributed by atoms with Gasteiger partial charge in [-0.1, -0.05) is 54.2 Å². The number of fused-ring (bicyclic) bond motifs is 1. The minimum atomic E-state index is -0.392. The standard InChI is InChI=1S/C22H18N2O3S/c1-14-20(15(2)25)10-18(11-23)22(24-14)28-13-21(26)27-12-17-8-5-7-16-6-3-4-9-19(16)17/h3-10H,12-13H2,1-2H3. The number of ether oxygens (including phenoxy) is 1. The number of aryl methyl sites for hydroxylation is 1. The fourth-order valence-electron chi connectivity index (χ4n) is 2.88. The maximum atomic E-state index is 12.2. The molecule has 0 bridgehead atoms. The lowest BCUT2D eigenvalue weighted by atomic mass is 10.1. The normalized spacial score (nSPS) is 10.5. The van der Waals surface area contributed by atoms with E-state index in [1.165, 1.54) is 13.0 Å². The molecular weight excluding hydrogens is 372 g/mol. The van der Waals surface area contributed by atoms with E-state index in [1.54, 1.807) is 6.92 Å². The van der Waals surface area contributed by atoms with E-state index in [2.05, 4.69) is 4.98 Å². The number of carbonyl (C=O) groups is 2. The lowest BCUT2D eigenvalue weighted by molar-refractivity contribution is -0.141. The van der Waals surface area contributed by atoms with Crippen LogP contribution in [0.5, 0.6) is 0 Å². The van der Waals surface area contributed by atoms with Crippen molar-refractivity contribution in [3.05, 3.63) is 70.9 Å². The SMILES string of the molecule is CC(=O)c1cc(C#N)c(SCC(=O)OCc2cccc3ccccc23)nc1C. The number of thioether (sulfide) groups is 1. The molecule has 0 aliphatic carbocycles. The molecule has 3 rings (SSSR count). The van der Waals surface area contributed by atoms with Gasteiger partial charge in [0.25, 0.3) is 0 Å². The first-order valence-electron chi connectivity index (χ1n) is 8.67. The van der Waals surface area contributed by atoms with Gasteiger partial charge in [0, 0.05) is 11.3 Å². The van der Waals surface area contributed by atoms with Crippen LogP contribution in [0, 0.1) is 18.3 Å². The number of hydrogen-bond donors (Lipinski definition) is 0. The van der Waals surface area contributed by atoms with E-state index in [0.29, 0.717) is 16.3 Å². The van der Waals surface area contributed by atoms with Crippen LogP contribution < -0.4 is 0 Å². The van der Waals surface area contributed by atoms with E-state index in [-0.39, 0.29) is 23.7 Å². The van der Waals surface area contributed by atoms with Crippen LogP contribution in [0.25, 0.3) is 10.8 Å². The number of Topliss-reactive ketones (excluding diaryl/α,β-unsaturated/α-hetero) is 1. The summed E-state index contributed by atoms with van der Waals surface area (Å²) in [6.45, 7) is 3.32. The predicted octanol–water partition coefficient (Wildman–Crippen LogP) is 4.45. The Labute approximate surface area is 167 Å². The van der Waals surface area contributed by atoms with Crippen LogP contribution in [-0.4, -0.2) is 22.5 Å². The molecule has 0 spiro atoms. The minimum absolute atomic E-state index is 0.0330. The van der Waals surface area contributed by atoms with E-state index >= 15 is 0 Å². The van der Waals surface area contributed by atoms with Crippen molar-refractivity contribution in [3.63, 3.8) is 0 Å². The van der Waals surface area contributed by atoms with E-state index in [0.717, 1.165) is 28.1 Å². The van der Waals surface area contributed by atoms with Gasteiger partial charge in [0.1, 0.15) is 17.7 Å². The second-order valence-electron chi connectivity index (χ2n) is 6.23. The Morgan fingerprint density at radius 2 is 1.93 bits per heavy atom.